The maximum atomic E-state index is 13.6. The highest BCUT2D eigenvalue weighted by Gasteiger charge is 2.26. The number of carbonyl (C=O) groups excluding carboxylic acids is 1. The number of hydrogen-bond donors (Lipinski definition) is 1. The lowest BCUT2D eigenvalue weighted by atomic mass is 10.1. The lowest BCUT2D eigenvalue weighted by Crippen LogP contribution is -2.33. The van der Waals surface area contributed by atoms with Gasteiger partial charge in [-0.05, 0) is 44.5 Å². The van der Waals surface area contributed by atoms with Crippen LogP contribution in [-0.4, -0.2) is 39.3 Å². The van der Waals surface area contributed by atoms with E-state index in [1.165, 1.54) is 17.0 Å². The minimum Gasteiger partial charge on any atom is -0.394 e. The molecule has 142 valence electrons. The second-order valence-electron chi connectivity index (χ2n) is 6.59. The van der Waals surface area contributed by atoms with Gasteiger partial charge >= 0.3 is 0 Å². The van der Waals surface area contributed by atoms with E-state index in [9.17, 15) is 14.3 Å². The normalized spacial score (nSPS) is 12.2. The molecule has 3 rings (SSSR count). The van der Waals surface area contributed by atoms with Gasteiger partial charge in [-0.25, -0.2) is 4.39 Å². The standard InChI is InChI=1S/C20H22FN3O3/c1-12-8-17(14(3)24(12)19-9-13(2)27-22-19)20(26)23(4)18(11-25)15-6-5-7-16(21)10-15/h5-10,18,25H,11H2,1-4H3/t18-/m1/s1. The van der Waals surface area contributed by atoms with Gasteiger partial charge in [0.2, 0.25) is 0 Å². The predicted molar refractivity (Wildman–Crippen MR) is 98.4 cm³/mol. The largest absolute Gasteiger partial charge is 0.394 e. The number of aromatic nitrogens is 2. The van der Waals surface area contributed by atoms with Crippen molar-refractivity contribution in [2.24, 2.45) is 0 Å². The Morgan fingerprint density at radius 2 is 2.04 bits per heavy atom. The highest BCUT2D eigenvalue weighted by molar-refractivity contribution is 5.96. The molecular weight excluding hydrogens is 349 g/mol. The van der Waals surface area contributed by atoms with Crippen LogP contribution >= 0.6 is 0 Å². The molecule has 3 aromatic rings. The minimum absolute atomic E-state index is 0.266. The first-order valence-corrected chi connectivity index (χ1v) is 8.59. The van der Waals surface area contributed by atoms with Crippen molar-refractivity contribution in [3.8, 4) is 5.82 Å². The maximum Gasteiger partial charge on any atom is 0.256 e. The fourth-order valence-corrected chi connectivity index (χ4v) is 3.29. The van der Waals surface area contributed by atoms with E-state index in [0.29, 0.717) is 28.4 Å². The Hall–Kier alpha value is -2.93. The van der Waals surface area contributed by atoms with Gasteiger partial charge in [0.1, 0.15) is 11.6 Å². The van der Waals surface area contributed by atoms with Crippen molar-refractivity contribution in [1.29, 1.82) is 0 Å². The SMILES string of the molecule is Cc1cc(-n2c(C)cc(C(=O)N(C)[C@H](CO)c3cccc(F)c3)c2C)no1. The fraction of sp³-hybridized carbons (Fsp3) is 0.300. The van der Waals surface area contributed by atoms with E-state index in [2.05, 4.69) is 5.16 Å². The predicted octanol–water partition coefficient (Wildman–Crippen LogP) is 3.34. The molecule has 0 aliphatic rings. The van der Waals surface area contributed by atoms with Gasteiger partial charge in [-0.15, -0.1) is 0 Å². The van der Waals surface area contributed by atoms with Gasteiger partial charge in [-0.2, -0.15) is 0 Å². The first-order chi connectivity index (χ1) is 12.8. The Bertz CT molecular complexity index is 977. The van der Waals surface area contributed by atoms with Crippen LogP contribution in [0.2, 0.25) is 0 Å². The number of aliphatic hydroxyl groups excluding tert-OH is 1. The molecule has 7 heteroatoms. The van der Waals surface area contributed by atoms with E-state index >= 15 is 0 Å². The molecule has 1 atom stereocenters. The summed E-state index contributed by atoms with van der Waals surface area (Å²) < 4.78 is 20.5. The van der Waals surface area contributed by atoms with Gasteiger partial charge < -0.3 is 14.5 Å². The fourth-order valence-electron chi connectivity index (χ4n) is 3.29. The first-order valence-electron chi connectivity index (χ1n) is 8.59. The lowest BCUT2D eigenvalue weighted by molar-refractivity contribution is 0.0657. The Morgan fingerprint density at radius 1 is 1.30 bits per heavy atom. The van der Waals surface area contributed by atoms with Crippen LogP contribution in [0.15, 0.2) is 40.9 Å². The average Bonchev–Trinajstić information content (AvgIpc) is 3.17. The summed E-state index contributed by atoms with van der Waals surface area (Å²) in [5, 5.41) is 13.8. The quantitative estimate of drug-likeness (QED) is 0.747. The van der Waals surface area contributed by atoms with Gasteiger partial charge in [0.25, 0.3) is 5.91 Å². The molecule has 6 nitrogen and oxygen atoms in total. The number of aliphatic hydroxyl groups is 1. The van der Waals surface area contributed by atoms with Crippen LogP contribution < -0.4 is 0 Å². The van der Waals surface area contributed by atoms with Gasteiger partial charge in [0.15, 0.2) is 5.82 Å². The Kier molecular flexibility index (Phi) is 5.14. The third kappa shape index (κ3) is 3.50. The van der Waals surface area contributed by atoms with E-state index in [1.807, 2.05) is 18.4 Å². The number of halogens is 1. The first kappa shape index (κ1) is 18.8. The van der Waals surface area contributed by atoms with Crippen molar-refractivity contribution in [3.63, 3.8) is 0 Å². The summed E-state index contributed by atoms with van der Waals surface area (Å²) in [5.74, 6) is 0.603. The maximum absolute atomic E-state index is 13.6. The second-order valence-corrected chi connectivity index (χ2v) is 6.59. The number of benzene rings is 1. The van der Waals surface area contributed by atoms with Crippen molar-refractivity contribution in [1.82, 2.24) is 14.6 Å². The number of likely N-dealkylation sites (N-methyl/N-ethyl adjacent to an activating group) is 1. The van der Waals surface area contributed by atoms with Crippen molar-refractivity contribution >= 4 is 5.91 Å². The van der Waals surface area contributed by atoms with Crippen molar-refractivity contribution < 1.29 is 18.8 Å². The number of nitrogens with zero attached hydrogens (tertiary/aromatic N) is 3. The highest BCUT2D eigenvalue weighted by Crippen LogP contribution is 2.26. The van der Waals surface area contributed by atoms with Crippen LogP contribution in [0, 0.1) is 26.6 Å². The molecule has 0 unspecified atom stereocenters. The molecule has 27 heavy (non-hydrogen) atoms. The molecule has 2 heterocycles. The molecular formula is C20H22FN3O3. The molecule has 1 amide bonds. The molecule has 0 fully saturated rings. The van der Waals surface area contributed by atoms with Gasteiger partial charge in [-0.1, -0.05) is 17.3 Å². The van der Waals surface area contributed by atoms with Crippen LogP contribution in [0.3, 0.4) is 0 Å². The number of rotatable bonds is 5. The molecule has 0 aliphatic heterocycles. The monoisotopic (exact) mass is 371 g/mol. The van der Waals surface area contributed by atoms with Crippen LogP contribution in [0.1, 0.15) is 39.1 Å². The molecule has 0 radical (unpaired) electrons. The summed E-state index contributed by atoms with van der Waals surface area (Å²) >= 11 is 0. The van der Waals surface area contributed by atoms with Gasteiger partial charge in [-0.3, -0.25) is 9.36 Å². The topological polar surface area (TPSA) is 71.5 Å². The van der Waals surface area contributed by atoms with E-state index in [4.69, 9.17) is 4.52 Å². The van der Waals surface area contributed by atoms with E-state index in [1.54, 1.807) is 38.2 Å². The van der Waals surface area contributed by atoms with Crippen molar-refractivity contribution in [3.05, 3.63) is 70.5 Å². The number of hydrogen-bond acceptors (Lipinski definition) is 4. The Morgan fingerprint density at radius 3 is 2.63 bits per heavy atom. The zero-order chi connectivity index (χ0) is 19.7. The second kappa shape index (κ2) is 7.36. The zero-order valence-corrected chi connectivity index (χ0v) is 15.7. The summed E-state index contributed by atoms with van der Waals surface area (Å²) in [6.45, 7) is 5.19. The number of amides is 1. The summed E-state index contributed by atoms with van der Waals surface area (Å²) in [7, 11) is 1.60. The van der Waals surface area contributed by atoms with Gasteiger partial charge in [0, 0.05) is 24.5 Å². The third-order valence-electron chi connectivity index (χ3n) is 4.70. The van der Waals surface area contributed by atoms with E-state index in [-0.39, 0.29) is 12.5 Å². The number of carbonyl (C=O) groups is 1. The molecule has 1 N–H and O–H groups in total. The van der Waals surface area contributed by atoms with E-state index < -0.39 is 11.9 Å². The number of aryl methyl sites for hydroxylation is 2. The highest BCUT2D eigenvalue weighted by atomic mass is 19.1. The van der Waals surface area contributed by atoms with Crippen LogP contribution in [0.5, 0.6) is 0 Å². The molecule has 1 aromatic carbocycles. The Balaban J connectivity index is 1.95. The summed E-state index contributed by atoms with van der Waals surface area (Å²) in [6, 6.07) is 8.82. The molecule has 0 saturated carbocycles. The van der Waals surface area contributed by atoms with Crippen molar-refractivity contribution in [2.75, 3.05) is 13.7 Å². The van der Waals surface area contributed by atoms with Crippen LogP contribution in [-0.2, 0) is 0 Å². The molecule has 0 aliphatic carbocycles. The average molecular weight is 371 g/mol. The molecule has 0 spiro atoms. The van der Waals surface area contributed by atoms with Crippen molar-refractivity contribution in [2.45, 2.75) is 26.8 Å². The molecule has 0 bridgehead atoms. The van der Waals surface area contributed by atoms with Crippen LogP contribution in [0.4, 0.5) is 4.39 Å². The molecule has 2 aromatic heterocycles. The third-order valence-corrected chi connectivity index (χ3v) is 4.70. The van der Waals surface area contributed by atoms with Crippen LogP contribution in [0.25, 0.3) is 5.82 Å². The van der Waals surface area contributed by atoms with Gasteiger partial charge in [0.05, 0.1) is 18.2 Å². The lowest BCUT2D eigenvalue weighted by Gasteiger charge is -2.27. The summed E-state index contributed by atoms with van der Waals surface area (Å²) in [4.78, 5) is 14.5. The van der Waals surface area contributed by atoms with E-state index in [0.717, 1.165) is 5.69 Å². The minimum atomic E-state index is -0.648. The molecule has 0 saturated heterocycles. The summed E-state index contributed by atoms with van der Waals surface area (Å²) in [5.41, 5.74) is 2.58. The smallest absolute Gasteiger partial charge is 0.256 e. The summed E-state index contributed by atoms with van der Waals surface area (Å²) in [6.07, 6.45) is 0. The zero-order valence-electron chi connectivity index (χ0n) is 15.7. The Labute approximate surface area is 156 Å².